The Hall–Kier alpha value is -2.30. The summed E-state index contributed by atoms with van der Waals surface area (Å²) in [7, 11) is 4.01. The number of amides is 1. The predicted molar refractivity (Wildman–Crippen MR) is 89.1 cm³/mol. The first-order valence-electron chi connectivity index (χ1n) is 7.46. The second kappa shape index (κ2) is 6.64. The van der Waals surface area contributed by atoms with Gasteiger partial charge in [0.2, 0.25) is 5.91 Å². The fraction of sp³-hybridized carbons (Fsp3) is 0.412. The van der Waals surface area contributed by atoms with Crippen LogP contribution in [0.4, 0.5) is 5.69 Å². The number of hydrogen-bond acceptors (Lipinski definition) is 3. The van der Waals surface area contributed by atoms with Gasteiger partial charge in [-0.05, 0) is 32.4 Å². The molecule has 22 heavy (non-hydrogen) atoms. The quantitative estimate of drug-likeness (QED) is 0.892. The molecule has 0 aliphatic carbocycles. The maximum absolute atomic E-state index is 12.3. The Kier molecular flexibility index (Phi) is 4.85. The minimum absolute atomic E-state index is 0.00802. The zero-order valence-electron chi connectivity index (χ0n) is 13.9. The first kappa shape index (κ1) is 16.1. The Morgan fingerprint density at radius 1 is 1.32 bits per heavy atom. The van der Waals surface area contributed by atoms with Gasteiger partial charge in [-0.25, -0.2) is 0 Å². The van der Waals surface area contributed by atoms with Crippen LogP contribution in [0.2, 0.25) is 0 Å². The summed E-state index contributed by atoms with van der Waals surface area (Å²) in [6.45, 7) is 5.86. The standard InChI is InChI=1S/C17H24N4O/c1-11(14-8-6-7-9-16(14)21(4)5)18-17(22)10-15-12(2)19-20-13(15)3/h6-9,11H,10H2,1-5H3,(H,18,22)(H,19,20). The van der Waals surface area contributed by atoms with Gasteiger partial charge in [-0.3, -0.25) is 9.89 Å². The average Bonchev–Trinajstić information content (AvgIpc) is 2.79. The Labute approximate surface area is 131 Å². The number of carbonyl (C=O) groups is 1. The number of benzene rings is 1. The van der Waals surface area contributed by atoms with Crippen molar-refractivity contribution in [3.05, 3.63) is 46.8 Å². The smallest absolute Gasteiger partial charge is 0.225 e. The van der Waals surface area contributed by atoms with E-state index in [4.69, 9.17) is 0 Å². The maximum atomic E-state index is 12.3. The molecule has 0 spiro atoms. The summed E-state index contributed by atoms with van der Waals surface area (Å²) in [5.74, 6) is 0.00802. The minimum atomic E-state index is -0.0430. The lowest BCUT2D eigenvalue weighted by atomic mass is 10.0. The van der Waals surface area contributed by atoms with E-state index in [0.717, 1.165) is 28.2 Å². The van der Waals surface area contributed by atoms with E-state index in [2.05, 4.69) is 32.5 Å². The maximum Gasteiger partial charge on any atom is 0.225 e. The number of nitrogens with one attached hydrogen (secondary N) is 2. The van der Waals surface area contributed by atoms with Crippen molar-refractivity contribution in [2.75, 3.05) is 19.0 Å². The van der Waals surface area contributed by atoms with Crippen LogP contribution in [-0.4, -0.2) is 30.2 Å². The number of carbonyl (C=O) groups excluding carboxylic acids is 1. The second-order valence-electron chi connectivity index (χ2n) is 5.83. The third-order valence-electron chi connectivity index (χ3n) is 3.88. The Bertz CT molecular complexity index is 641. The Morgan fingerprint density at radius 3 is 2.59 bits per heavy atom. The van der Waals surface area contributed by atoms with E-state index in [-0.39, 0.29) is 11.9 Å². The number of hydrogen-bond donors (Lipinski definition) is 2. The van der Waals surface area contributed by atoms with Crippen molar-refractivity contribution in [2.45, 2.75) is 33.2 Å². The van der Waals surface area contributed by atoms with Crippen LogP contribution in [0.15, 0.2) is 24.3 Å². The van der Waals surface area contributed by atoms with Gasteiger partial charge in [0, 0.05) is 31.0 Å². The number of para-hydroxylation sites is 1. The topological polar surface area (TPSA) is 61.0 Å². The molecule has 1 aromatic carbocycles. The highest BCUT2D eigenvalue weighted by Crippen LogP contribution is 2.24. The highest BCUT2D eigenvalue weighted by molar-refractivity contribution is 5.79. The van der Waals surface area contributed by atoms with Gasteiger partial charge in [0.1, 0.15) is 0 Å². The lowest BCUT2D eigenvalue weighted by Crippen LogP contribution is -2.29. The summed E-state index contributed by atoms with van der Waals surface area (Å²) in [6.07, 6.45) is 0.350. The summed E-state index contributed by atoms with van der Waals surface area (Å²) < 4.78 is 0. The Morgan fingerprint density at radius 2 is 2.00 bits per heavy atom. The monoisotopic (exact) mass is 300 g/mol. The molecule has 0 aliphatic rings. The molecule has 5 nitrogen and oxygen atoms in total. The van der Waals surface area contributed by atoms with Crippen molar-refractivity contribution in [2.24, 2.45) is 0 Å². The van der Waals surface area contributed by atoms with E-state index in [1.807, 2.05) is 47.0 Å². The highest BCUT2D eigenvalue weighted by atomic mass is 16.1. The zero-order chi connectivity index (χ0) is 16.3. The van der Waals surface area contributed by atoms with Crippen LogP contribution in [0.1, 0.15) is 35.5 Å². The van der Waals surface area contributed by atoms with Crippen LogP contribution < -0.4 is 10.2 Å². The van der Waals surface area contributed by atoms with Gasteiger partial charge < -0.3 is 10.2 Å². The predicted octanol–water partition coefficient (Wildman–Crippen LogP) is 2.51. The van der Waals surface area contributed by atoms with Gasteiger partial charge in [0.25, 0.3) is 0 Å². The fourth-order valence-corrected chi connectivity index (χ4v) is 2.63. The van der Waals surface area contributed by atoms with Crippen molar-refractivity contribution in [1.29, 1.82) is 0 Å². The van der Waals surface area contributed by atoms with Gasteiger partial charge in [-0.15, -0.1) is 0 Å². The van der Waals surface area contributed by atoms with Gasteiger partial charge in [0.05, 0.1) is 18.2 Å². The summed E-state index contributed by atoms with van der Waals surface area (Å²) >= 11 is 0. The largest absolute Gasteiger partial charge is 0.377 e. The minimum Gasteiger partial charge on any atom is -0.377 e. The molecule has 118 valence electrons. The number of aromatic amines is 1. The molecule has 1 aromatic heterocycles. The van der Waals surface area contributed by atoms with E-state index < -0.39 is 0 Å². The molecule has 0 saturated carbocycles. The molecule has 2 N–H and O–H groups in total. The summed E-state index contributed by atoms with van der Waals surface area (Å²) in [5, 5.41) is 10.1. The van der Waals surface area contributed by atoms with E-state index in [1.54, 1.807) is 0 Å². The first-order chi connectivity index (χ1) is 10.4. The second-order valence-corrected chi connectivity index (χ2v) is 5.83. The van der Waals surface area contributed by atoms with Crippen LogP contribution in [0.25, 0.3) is 0 Å². The van der Waals surface area contributed by atoms with E-state index in [9.17, 15) is 4.79 Å². The molecule has 0 radical (unpaired) electrons. The molecule has 5 heteroatoms. The molecule has 1 heterocycles. The number of rotatable bonds is 5. The molecule has 0 fully saturated rings. The average molecular weight is 300 g/mol. The molecular weight excluding hydrogens is 276 g/mol. The molecule has 0 aliphatic heterocycles. The number of anilines is 1. The lowest BCUT2D eigenvalue weighted by Gasteiger charge is -2.22. The van der Waals surface area contributed by atoms with Gasteiger partial charge in [-0.1, -0.05) is 18.2 Å². The summed E-state index contributed by atoms with van der Waals surface area (Å²) in [4.78, 5) is 14.4. The van der Waals surface area contributed by atoms with Crippen LogP contribution in [0.3, 0.4) is 0 Å². The normalized spacial score (nSPS) is 12.0. The zero-order valence-corrected chi connectivity index (χ0v) is 13.9. The van der Waals surface area contributed by atoms with Crippen molar-refractivity contribution in [3.8, 4) is 0 Å². The van der Waals surface area contributed by atoms with Crippen LogP contribution in [0.5, 0.6) is 0 Å². The molecule has 2 rings (SSSR count). The van der Waals surface area contributed by atoms with Crippen molar-refractivity contribution >= 4 is 11.6 Å². The summed E-state index contributed by atoms with van der Waals surface area (Å²) in [5.41, 5.74) is 5.04. The van der Waals surface area contributed by atoms with Gasteiger partial charge >= 0.3 is 0 Å². The number of aromatic nitrogens is 2. The number of aryl methyl sites for hydroxylation is 2. The molecule has 1 unspecified atom stereocenters. The summed E-state index contributed by atoms with van der Waals surface area (Å²) in [6, 6.07) is 8.07. The van der Waals surface area contributed by atoms with Crippen LogP contribution in [-0.2, 0) is 11.2 Å². The van der Waals surface area contributed by atoms with Crippen LogP contribution in [0, 0.1) is 13.8 Å². The van der Waals surface area contributed by atoms with Crippen molar-refractivity contribution in [3.63, 3.8) is 0 Å². The molecule has 2 aromatic rings. The van der Waals surface area contributed by atoms with Gasteiger partial charge in [-0.2, -0.15) is 5.10 Å². The first-order valence-corrected chi connectivity index (χ1v) is 7.46. The Balaban J connectivity index is 2.09. The molecule has 0 bridgehead atoms. The van der Waals surface area contributed by atoms with Crippen LogP contribution >= 0.6 is 0 Å². The molecule has 1 atom stereocenters. The van der Waals surface area contributed by atoms with Crippen molar-refractivity contribution < 1.29 is 4.79 Å². The molecule has 1 amide bonds. The lowest BCUT2D eigenvalue weighted by molar-refractivity contribution is -0.121. The third kappa shape index (κ3) is 3.47. The fourth-order valence-electron chi connectivity index (χ4n) is 2.63. The van der Waals surface area contributed by atoms with Crippen molar-refractivity contribution in [1.82, 2.24) is 15.5 Å². The molecular formula is C17H24N4O. The number of nitrogens with zero attached hydrogens (tertiary/aromatic N) is 2. The highest BCUT2D eigenvalue weighted by Gasteiger charge is 2.16. The number of H-pyrrole nitrogens is 1. The third-order valence-corrected chi connectivity index (χ3v) is 3.88. The van der Waals surface area contributed by atoms with E-state index in [1.165, 1.54) is 0 Å². The van der Waals surface area contributed by atoms with E-state index in [0.29, 0.717) is 6.42 Å². The van der Waals surface area contributed by atoms with E-state index >= 15 is 0 Å². The SMILES string of the molecule is Cc1n[nH]c(C)c1CC(=O)NC(C)c1ccccc1N(C)C. The van der Waals surface area contributed by atoms with Gasteiger partial charge in [0.15, 0.2) is 0 Å². The molecule has 0 saturated heterocycles.